The summed E-state index contributed by atoms with van der Waals surface area (Å²) in [4.78, 5) is 15.9. The minimum Gasteiger partial charge on any atom is -0.485 e. The Kier molecular flexibility index (Phi) is 6.14. The van der Waals surface area contributed by atoms with Gasteiger partial charge in [0.25, 0.3) is 0 Å². The van der Waals surface area contributed by atoms with Crippen molar-refractivity contribution in [3.63, 3.8) is 0 Å². The minimum absolute atomic E-state index is 0.168. The van der Waals surface area contributed by atoms with Crippen LogP contribution in [0.25, 0.3) is 0 Å². The Balaban J connectivity index is 1.25. The van der Waals surface area contributed by atoms with Gasteiger partial charge in [-0.15, -0.1) is 0 Å². The first kappa shape index (κ1) is 22.4. The number of amides is 1. The van der Waals surface area contributed by atoms with Gasteiger partial charge in [0.15, 0.2) is 11.6 Å². The Morgan fingerprint density at radius 2 is 1.82 bits per heavy atom. The number of carbonyl (C=O) groups excluding carboxylic acids is 1. The van der Waals surface area contributed by atoms with Gasteiger partial charge in [-0.2, -0.15) is 0 Å². The molecule has 3 aliphatic rings. The Hall–Kier alpha value is -2.44. The average molecular weight is 454 g/mol. The molecule has 3 fully saturated rings. The van der Waals surface area contributed by atoms with E-state index in [0.29, 0.717) is 45.8 Å². The van der Waals surface area contributed by atoms with E-state index >= 15 is 0 Å². The number of halogens is 1. The molecule has 5 rings (SSSR count). The number of hydrogen-bond acceptors (Lipinski definition) is 4. The van der Waals surface area contributed by atoms with E-state index in [1.54, 1.807) is 18.2 Å². The number of hydrogen-bond donors (Lipinski definition) is 0. The van der Waals surface area contributed by atoms with E-state index in [0.717, 1.165) is 24.8 Å². The molecule has 0 aliphatic carbocycles. The monoisotopic (exact) mass is 453 g/mol. The molecular weight excluding hydrogens is 421 g/mol. The zero-order chi connectivity index (χ0) is 22.9. The predicted octanol–water partition coefficient (Wildman–Crippen LogP) is 4.41. The van der Waals surface area contributed by atoms with Crippen molar-refractivity contribution in [1.29, 1.82) is 0 Å². The highest BCUT2D eigenvalue weighted by atomic mass is 19.1. The Morgan fingerprint density at radius 1 is 1.06 bits per heavy atom. The van der Waals surface area contributed by atoms with E-state index < -0.39 is 5.41 Å². The number of benzene rings is 2. The van der Waals surface area contributed by atoms with Crippen molar-refractivity contribution in [2.45, 2.75) is 56.1 Å². The molecule has 1 atom stereocenters. The molecule has 1 unspecified atom stereocenters. The van der Waals surface area contributed by atoms with Gasteiger partial charge in [-0.05, 0) is 50.3 Å². The van der Waals surface area contributed by atoms with Crippen LogP contribution in [0.3, 0.4) is 0 Å². The molecule has 0 saturated carbocycles. The maximum absolute atomic E-state index is 14.0. The van der Waals surface area contributed by atoms with Gasteiger partial charge >= 0.3 is 0 Å². The van der Waals surface area contributed by atoms with E-state index in [-0.39, 0.29) is 29.2 Å². The van der Waals surface area contributed by atoms with Crippen LogP contribution in [0.4, 0.5) is 4.39 Å². The molecule has 0 aromatic heterocycles. The van der Waals surface area contributed by atoms with Crippen LogP contribution in [0.2, 0.25) is 0 Å². The Bertz CT molecular complexity index is 995. The van der Waals surface area contributed by atoms with Gasteiger partial charge in [0.2, 0.25) is 5.91 Å². The Labute approximate surface area is 194 Å². The van der Waals surface area contributed by atoms with Crippen molar-refractivity contribution >= 4 is 5.91 Å². The van der Waals surface area contributed by atoms with Gasteiger partial charge in [0.05, 0.1) is 17.6 Å². The summed E-state index contributed by atoms with van der Waals surface area (Å²) in [6.07, 6.45) is 3.53. The maximum atomic E-state index is 14.0. The quantitative estimate of drug-likeness (QED) is 0.688. The third kappa shape index (κ3) is 4.38. The fourth-order valence-electron chi connectivity index (χ4n) is 5.66. The lowest BCUT2D eigenvalue weighted by Crippen LogP contribution is -2.54. The molecule has 3 aliphatic heterocycles. The molecule has 33 heavy (non-hydrogen) atoms. The highest BCUT2D eigenvalue weighted by molar-refractivity contribution is 5.88. The lowest BCUT2D eigenvalue weighted by molar-refractivity contribution is -0.146. The Morgan fingerprint density at radius 3 is 2.55 bits per heavy atom. The predicted molar refractivity (Wildman–Crippen MR) is 123 cm³/mol. The zero-order valence-corrected chi connectivity index (χ0v) is 19.2. The van der Waals surface area contributed by atoms with Crippen molar-refractivity contribution in [3.05, 3.63) is 65.5 Å². The number of para-hydroxylation sites is 1. The fraction of sp³-hybridized carbons (Fsp3) is 0.519. The number of rotatable bonds is 4. The minimum atomic E-state index is -0.512. The zero-order valence-electron chi connectivity index (χ0n) is 19.2. The summed E-state index contributed by atoms with van der Waals surface area (Å²) in [5.74, 6) is 0.135. The molecule has 0 radical (unpaired) electrons. The third-order valence-corrected chi connectivity index (χ3v) is 7.59. The first-order chi connectivity index (χ1) is 16.0. The van der Waals surface area contributed by atoms with Gasteiger partial charge in [-0.3, -0.25) is 4.79 Å². The number of likely N-dealkylation sites (tertiary alicyclic amines) is 1. The van der Waals surface area contributed by atoms with Crippen LogP contribution in [0, 0.1) is 12.7 Å². The van der Waals surface area contributed by atoms with Crippen LogP contribution in [-0.4, -0.2) is 55.4 Å². The molecule has 1 amide bonds. The summed E-state index contributed by atoms with van der Waals surface area (Å²) in [5.41, 5.74) is 1.47. The van der Waals surface area contributed by atoms with E-state index in [9.17, 15) is 9.18 Å². The molecular formula is C27H32FNO4. The van der Waals surface area contributed by atoms with E-state index in [1.807, 2.05) is 11.0 Å². The first-order valence-corrected chi connectivity index (χ1v) is 12.0. The van der Waals surface area contributed by atoms with E-state index in [2.05, 4.69) is 25.1 Å². The highest BCUT2D eigenvalue weighted by Gasteiger charge is 2.48. The van der Waals surface area contributed by atoms with Gasteiger partial charge in [-0.1, -0.05) is 42.0 Å². The molecule has 1 spiro atoms. The van der Waals surface area contributed by atoms with E-state index in [1.165, 1.54) is 11.6 Å². The normalized spacial score (nSPS) is 24.1. The summed E-state index contributed by atoms with van der Waals surface area (Å²) in [5, 5.41) is 0. The van der Waals surface area contributed by atoms with Crippen molar-refractivity contribution in [2.75, 3.05) is 32.9 Å². The van der Waals surface area contributed by atoms with Gasteiger partial charge in [0.1, 0.15) is 6.10 Å². The first-order valence-electron chi connectivity index (χ1n) is 12.0. The van der Waals surface area contributed by atoms with Crippen LogP contribution in [-0.2, 0) is 19.7 Å². The summed E-state index contributed by atoms with van der Waals surface area (Å²) in [6, 6.07) is 14.8. The molecule has 0 bridgehead atoms. The van der Waals surface area contributed by atoms with Crippen LogP contribution in [0.5, 0.6) is 5.75 Å². The standard InChI is InChI=1S/C27H32FNO4/c1-20-5-4-6-21(17-20)27(11-15-31-16-12-27)25(30)29-13-9-26(10-14-29)18-22(19-32-26)33-24-8-3-2-7-23(24)28/h2-8,17,22H,9-16,18-19H2,1H3. The molecule has 3 heterocycles. The van der Waals surface area contributed by atoms with Crippen LogP contribution < -0.4 is 4.74 Å². The molecule has 176 valence electrons. The second-order valence-electron chi connectivity index (χ2n) is 9.72. The van der Waals surface area contributed by atoms with Gasteiger partial charge < -0.3 is 19.1 Å². The number of carbonyl (C=O) groups is 1. The summed E-state index contributed by atoms with van der Waals surface area (Å²) in [7, 11) is 0. The van der Waals surface area contributed by atoms with Gasteiger partial charge in [0, 0.05) is 32.7 Å². The number of piperidine rings is 1. The SMILES string of the molecule is Cc1cccc(C2(C(=O)N3CCC4(CC3)CC(Oc3ccccc3F)CO4)CCOCC2)c1. The number of aryl methyl sites for hydroxylation is 1. The lowest BCUT2D eigenvalue weighted by Gasteiger charge is -2.44. The third-order valence-electron chi connectivity index (χ3n) is 7.59. The second kappa shape index (κ2) is 9.07. The molecule has 2 aromatic carbocycles. The van der Waals surface area contributed by atoms with E-state index in [4.69, 9.17) is 14.2 Å². The lowest BCUT2D eigenvalue weighted by atomic mass is 9.72. The summed E-state index contributed by atoms with van der Waals surface area (Å²) >= 11 is 0. The summed E-state index contributed by atoms with van der Waals surface area (Å²) in [6.45, 7) is 5.07. The second-order valence-corrected chi connectivity index (χ2v) is 9.72. The highest BCUT2D eigenvalue weighted by Crippen LogP contribution is 2.41. The smallest absolute Gasteiger partial charge is 0.233 e. The van der Waals surface area contributed by atoms with Crippen LogP contribution in [0.1, 0.15) is 43.2 Å². The molecule has 2 aromatic rings. The number of nitrogens with zero attached hydrogens (tertiary/aromatic N) is 1. The van der Waals surface area contributed by atoms with Crippen molar-refractivity contribution in [3.8, 4) is 5.75 Å². The van der Waals surface area contributed by atoms with Crippen LogP contribution >= 0.6 is 0 Å². The fourth-order valence-corrected chi connectivity index (χ4v) is 5.66. The van der Waals surface area contributed by atoms with Crippen molar-refractivity contribution in [2.24, 2.45) is 0 Å². The maximum Gasteiger partial charge on any atom is 0.233 e. The molecule has 3 saturated heterocycles. The van der Waals surface area contributed by atoms with Crippen molar-refractivity contribution in [1.82, 2.24) is 4.90 Å². The number of ether oxygens (including phenoxy) is 3. The topological polar surface area (TPSA) is 48.0 Å². The average Bonchev–Trinajstić information content (AvgIpc) is 3.23. The summed E-state index contributed by atoms with van der Waals surface area (Å²) < 4.78 is 31.7. The molecule has 0 N–H and O–H groups in total. The molecule has 5 nitrogen and oxygen atoms in total. The molecule has 6 heteroatoms. The largest absolute Gasteiger partial charge is 0.485 e. The van der Waals surface area contributed by atoms with Crippen LogP contribution in [0.15, 0.2) is 48.5 Å². The van der Waals surface area contributed by atoms with Gasteiger partial charge in [-0.25, -0.2) is 4.39 Å². The van der Waals surface area contributed by atoms with Crippen molar-refractivity contribution < 1.29 is 23.4 Å².